The molecule has 2 aromatic rings. The third kappa shape index (κ3) is 3.01. The van der Waals surface area contributed by atoms with E-state index >= 15 is 0 Å². The second-order valence-electron chi connectivity index (χ2n) is 6.84. The number of hydrogen-bond acceptors (Lipinski definition) is 7. The van der Waals surface area contributed by atoms with E-state index in [0.717, 1.165) is 37.1 Å². The highest BCUT2D eigenvalue weighted by Crippen LogP contribution is 2.39. The first-order valence-corrected chi connectivity index (χ1v) is 8.94. The molecule has 1 aliphatic carbocycles. The van der Waals surface area contributed by atoms with E-state index in [1.54, 1.807) is 16.9 Å². The minimum Gasteiger partial charge on any atom is -0.369 e. The van der Waals surface area contributed by atoms with E-state index in [4.69, 9.17) is 17.2 Å². The molecule has 1 aromatic heterocycles. The minimum absolute atomic E-state index is 0.220. The van der Waals surface area contributed by atoms with Gasteiger partial charge in [0.25, 0.3) is 5.91 Å². The molecule has 2 aliphatic rings. The molecule has 0 unspecified atom stereocenters. The maximum atomic E-state index is 11.2. The average Bonchev–Trinajstić information content (AvgIpc) is 3.13. The third-order valence-corrected chi connectivity index (χ3v) is 5.07. The van der Waals surface area contributed by atoms with Gasteiger partial charge in [-0.3, -0.25) is 9.69 Å². The van der Waals surface area contributed by atoms with Crippen LogP contribution in [0.3, 0.4) is 0 Å². The standard InChI is InChI=1S/C18H22N8O/c19-15(27)14-8-11-25(24-14)12-4-6-13(7-5-12)26-17(21)22-16(20)23-18(26)9-2-1-3-10-18/h4-8,11H,1-3,9-10H2,(H2,19,27)(H4,20,21,22,23). The number of carbonyl (C=O) groups is 1. The zero-order valence-corrected chi connectivity index (χ0v) is 14.9. The summed E-state index contributed by atoms with van der Waals surface area (Å²) in [5.74, 6) is 0.0300. The monoisotopic (exact) mass is 366 g/mol. The van der Waals surface area contributed by atoms with Crippen molar-refractivity contribution in [2.75, 3.05) is 4.90 Å². The molecule has 140 valence electrons. The first-order valence-electron chi connectivity index (χ1n) is 8.94. The smallest absolute Gasteiger partial charge is 0.269 e. The highest BCUT2D eigenvalue weighted by molar-refractivity contribution is 6.05. The number of benzene rings is 1. The molecule has 1 aromatic carbocycles. The zero-order valence-electron chi connectivity index (χ0n) is 14.9. The molecule has 1 aliphatic heterocycles. The predicted molar refractivity (Wildman–Crippen MR) is 104 cm³/mol. The van der Waals surface area contributed by atoms with Crippen molar-refractivity contribution in [3.05, 3.63) is 42.2 Å². The Bertz CT molecular complexity index is 921. The average molecular weight is 366 g/mol. The Hall–Kier alpha value is -3.36. The van der Waals surface area contributed by atoms with Crippen molar-refractivity contribution in [2.45, 2.75) is 37.8 Å². The highest BCUT2D eigenvalue weighted by atomic mass is 16.1. The summed E-state index contributed by atoms with van der Waals surface area (Å²) in [5.41, 5.74) is 18.8. The fourth-order valence-electron chi connectivity index (χ4n) is 3.85. The lowest BCUT2D eigenvalue weighted by atomic mass is 9.87. The molecule has 0 radical (unpaired) electrons. The number of nitrogens with two attached hydrogens (primary N) is 3. The van der Waals surface area contributed by atoms with Gasteiger partial charge in [0.15, 0.2) is 0 Å². The summed E-state index contributed by atoms with van der Waals surface area (Å²) in [7, 11) is 0. The number of guanidine groups is 2. The van der Waals surface area contributed by atoms with Crippen LogP contribution in [-0.2, 0) is 0 Å². The van der Waals surface area contributed by atoms with Crippen molar-refractivity contribution < 1.29 is 4.79 Å². The molecule has 4 rings (SSSR count). The predicted octanol–water partition coefficient (Wildman–Crippen LogP) is 1.08. The van der Waals surface area contributed by atoms with Gasteiger partial charge in [-0.25, -0.2) is 9.67 Å². The van der Waals surface area contributed by atoms with Gasteiger partial charge in [-0.05, 0) is 56.0 Å². The number of rotatable bonds is 3. The molecule has 1 amide bonds. The minimum atomic E-state index is -0.558. The molecule has 1 spiro atoms. The van der Waals surface area contributed by atoms with Gasteiger partial charge in [0.1, 0.15) is 11.4 Å². The zero-order chi connectivity index (χ0) is 19.0. The Morgan fingerprint density at radius 3 is 2.30 bits per heavy atom. The number of hydrogen-bond donors (Lipinski definition) is 3. The number of anilines is 1. The molecule has 9 nitrogen and oxygen atoms in total. The van der Waals surface area contributed by atoms with Crippen LogP contribution < -0.4 is 22.1 Å². The highest BCUT2D eigenvalue weighted by Gasteiger charge is 2.42. The van der Waals surface area contributed by atoms with Gasteiger partial charge in [0.05, 0.1) is 5.69 Å². The summed E-state index contributed by atoms with van der Waals surface area (Å²) in [4.78, 5) is 22.0. The van der Waals surface area contributed by atoms with Crippen LogP contribution in [0.15, 0.2) is 46.5 Å². The van der Waals surface area contributed by atoms with Gasteiger partial charge in [-0.1, -0.05) is 6.42 Å². The van der Waals surface area contributed by atoms with Crippen molar-refractivity contribution in [1.82, 2.24) is 9.78 Å². The van der Waals surface area contributed by atoms with Gasteiger partial charge >= 0.3 is 0 Å². The van der Waals surface area contributed by atoms with Crippen LogP contribution in [0.25, 0.3) is 5.69 Å². The quantitative estimate of drug-likeness (QED) is 0.745. The van der Waals surface area contributed by atoms with E-state index in [-0.39, 0.29) is 11.7 Å². The second-order valence-corrected chi connectivity index (χ2v) is 6.84. The van der Waals surface area contributed by atoms with E-state index in [2.05, 4.69) is 15.1 Å². The fraction of sp³-hybridized carbons (Fsp3) is 0.333. The Labute approximate surface area is 156 Å². The number of carbonyl (C=O) groups excluding carboxylic acids is 1. The summed E-state index contributed by atoms with van der Waals surface area (Å²) < 4.78 is 1.60. The van der Waals surface area contributed by atoms with Crippen molar-refractivity contribution in [2.24, 2.45) is 27.2 Å². The summed E-state index contributed by atoms with van der Waals surface area (Å²) in [5, 5.41) is 4.17. The molecular weight excluding hydrogens is 344 g/mol. The van der Waals surface area contributed by atoms with E-state index in [1.807, 2.05) is 29.2 Å². The summed E-state index contributed by atoms with van der Waals surface area (Å²) >= 11 is 0. The fourth-order valence-corrected chi connectivity index (χ4v) is 3.85. The molecule has 0 saturated heterocycles. The molecule has 27 heavy (non-hydrogen) atoms. The Morgan fingerprint density at radius 1 is 1.00 bits per heavy atom. The first-order chi connectivity index (χ1) is 13.0. The van der Waals surface area contributed by atoms with E-state index in [1.165, 1.54) is 6.42 Å². The number of nitrogens with zero attached hydrogens (tertiary/aromatic N) is 5. The van der Waals surface area contributed by atoms with Crippen molar-refractivity contribution in [1.29, 1.82) is 0 Å². The molecule has 0 atom stereocenters. The Balaban J connectivity index is 1.67. The molecule has 0 bridgehead atoms. The van der Waals surface area contributed by atoms with Crippen molar-refractivity contribution in [3.63, 3.8) is 0 Å². The van der Waals surface area contributed by atoms with Gasteiger partial charge < -0.3 is 17.2 Å². The maximum absolute atomic E-state index is 11.2. The van der Waals surface area contributed by atoms with Crippen LogP contribution in [0.4, 0.5) is 5.69 Å². The summed E-state index contributed by atoms with van der Waals surface area (Å²) in [6.45, 7) is 0. The van der Waals surface area contributed by atoms with Crippen LogP contribution in [0.2, 0.25) is 0 Å². The van der Waals surface area contributed by atoms with Crippen LogP contribution >= 0.6 is 0 Å². The first kappa shape index (κ1) is 17.1. The van der Waals surface area contributed by atoms with E-state index in [9.17, 15) is 4.79 Å². The largest absolute Gasteiger partial charge is 0.369 e. The maximum Gasteiger partial charge on any atom is 0.269 e. The van der Waals surface area contributed by atoms with Gasteiger partial charge in [-0.15, -0.1) is 0 Å². The number of aliphatic imine (C=N–C) groups is 2. The lowest BCUT2D eigenvalue weighted by Gasteiger charge is -2.45. The van der Waals surface area contributed by atoms with Crippen molar-refractivity contribution >= 4 is 23.5 Å². The Morgan fingerprint density at radius 2 is 1.67 bits per heavy atom. The summed E-state index contributed by atoms with van der Waals surface area (Å²) in [6, 6.07) is 9.27. The Kier molecular flexibility index (Phi) is 4.06. The lowest BCUT2D eigenvalue weighted by Crippen LogP contribution is -2.58. The SMILES string of the molecule is NC(=O)c1ccn(-c2ccc(N3C(N)=NC(N)=NC34CCCCC4)cc2)n1. The number of amides is 1. The van der Waals surface area contributed by atoms with Crippen molar-refractivity contribution in [3.8, 4) is 5.69 Å². The molecule has 1 fully saturated rings. The molecular formula is C18H22N8O. The van der Waals surface area contributed by atoms with Crippen LogP contribution in [-0.4, -0.2) is 33.3 Å². The van der Waals surface area contributed by atoms with Crippen LogP contribution in [0.5, 0.6) is 0 Å². The second kappa shape index (κ2) is 6.42. The van der Waals surface area contributed by atoms with Gasteiger partial charge in [0.2, 0.25) is 11.9 Å². The lowest BCUT2D eigenvalue weighted by molar-refractivity contribution is 0.0995. The molecule has 9 heteroatoms. The summed E-state index contributed by atoms with van der Waals surface area (Å²) in [6.07, 6.45) is 6.78. The van der Waals surface area contributed by atoms with Crippen LogP contribution in [0.1, 0.15) is 42.6 Å². The number of primary amides is 1. The number of aromatic nitrogens is 2. The topological polar surface area (TPSA) is 141 Å². The van der Waals surface area contributed by atoms with Gasteiger partial charge in [0, 0.05) is 11.9 Å². The van der Waals surface area contributed by atoms with Gasteiger partial charge in [-0.2, -0.15) is 10.1 Å². The normalized spacial score (nSPS) is 18.9. The molecule has 2 heterocycles. The molecule has 1 saturated carbocycles. The molecule has 6 N–H and O–H groups in total. The van der Waals surface area contributed by atoms with E-state index in [0.29, 0.717) is 5.96 Å². The third-order valence-electron chi connectivity index (χ3n) is 5.07. The van der Waals surface area contributed by atoms with Crippen LogP contribution in [0, 0.1) is 0 Å². The van der Waals surface area contributed by atoms with E-state index < -0.39 is 11.6 Å².